The predicted molar refractivity (Wildman–Crippen MR) is 106 cm³/mol. The lowest BCUT2D eigenvalue weighted by Crippen LogP contribution is -2.39. The molecule has 0 saturated carbocycles. The van der Waals surface area contributed by atoms with Gasteiger partial charge in [0.2, 0.25) is 17.7 Å². The Morgan fingerprint density at radius 2 is 2.00 bits per heavy atom. The zero-order chi connectivity index (χ0) is 19.3. The van der Waals surface area contributed by atoms with E-state index in [0.29, 0.717) is 30.4 Å². The highest BCUT2D eigenvalue weighted by Crippen LogP contribution is 2.29. The predicted octanol–water partition coefficient (Wildman–Crippen LogP) is 4.17. The number of carbonyl (C=O) groups is 2. The van der Waals surface area contributed by atoms with Crippen molar-refractivity contribution in [2.24, 2.45) is 0 Å². The van der Waals surface area contributed by atoms with Crippen molar-refractivity contribution in [1.29, 1.82) is 0 Å². The highest BCUT2D eigenvalue weighted by atomic mass is 32.1. The Morgan fingerprint density at radius 3 is 2.79 bits per heavy atom. The van der Waals surface area contributed by atoms with Crippen LogP contribution in [0, 0.1) is 0 Å². The molecule has 1 aliphatic rings. The lowest BCUT2D eigenvalue weighted by atomic mass is 9.97. The zero-order valence-electron chi connectivity index (χ0n) is 15.4. The zero-order valence-corrected chi connectivity index (χ0v) is 16.2. The van der Waals surface area contributed by atoms with Crippen LogP contribution in [0.4, 0.5) is 0 Å². The molecule has 2 aromatic heterocycles. The van der Waals surface area contributed by atoms with Crippen LogP contribution in [-0.4, -0.2) is 39.9 Å². The lowest BCUT2D eigenvalue weighted by molar-refractivity contribution is -0.132. The summed E-state index contributed by atoms with van der Waals surface area (Å²) in [5.41, 5.74) is 1.57. The van der Waals surface area contributed by atoms with Crippen LogP contribution < -0.4 is 0 Å². The molecular weight excluding hydrogens is 374 g/mol. The molecule has 1 saturated heterocycles. The number of aromatic nitrogens is 2. The van der Waals surface area contributed by atoms with Gasteiger partial charge in [0.25, 0.3) is 0 Å². The second-order valence-electron chi connectivity index (χ2n) is 6.93. The van der Waals surface area contributed by atoms with Gasteiger partial charge in [0.15, 0.2) is 5.78 Å². The molecule has 28 heavy (non-hydrogen) atoms. The van der Waals surface area contributed by atoms with Gasteiger partial charge in [-0.15, -0.1) is 10.2 Å². The van der Waals surface area contributed by atoms with E-state index in [1.807, 2.05) is 39.9 Å². The van der Waals surface area contributed by atoms with E-state index in [9.17, 15) is 9.59 Å². The van der Waals surface area contributed by atoms with E-state index < -0.39 is 0 Å². The van der Waals surface area contributed by atoms with Crippen LogP contribution in [0.15, 0.2) is 51.6 Å². The molecule has 3 heterocycles. The number of amides is 1. The molecule has 7 heteroatoms. The average Bonchev–Trinajstić information content (AvgIpc) is 3.44. The van der Waals surface area contributed by atoms with Gasteiger partial charge in [0.1, 0.15) is 0 Å². The molecular formula is C21H21N3O3S. The number of rotatable bonds is 6. The van der Waals surface area contributed by atoms with Crippen molar-refractivity contribution in [2.75, 3.05) is 13.1 Å². The van der Waals surface area contributed by atoms with Crippen LogP contribution in [0.1, 0.15) is 47.8 Å². The number of benzene rings is 1. The molecule has 144 valence electrons. The van der Waals surface area contributed by atoms with Crippen molar-refractivity contribution in [2.45, 2.75) is 31.6 Å². The molecule has 1 aromatic carbocycles. The summed E-state index contributed by atoms with van der Waals surface area (Å²) in [5, 5.41) is 12.3. The van der Waals surface area contributed by atoms with E-state index in [2.05, 4.69) is 10.2 Å². The molecule has 0 unspecified atom stereocenters. The summed E-state index contributed by atoms with van der Waals surface area (Å²) in [5.74, 6) is 1.15. The number of carbonyl (C=O) groups excluding carboxylic acids is 2. The van der Waals surface area contributed by atoms with E-state index in [1.165, 1.54) is 0 Å². The van der Waals surface area contributed by atoms with E-state index in [-0.39, 0.29) is 30.4 Å². The summed E-state index contributed by atoms with van der Waals surface area (Å²) >= 11 is 1.58. The van der Waals surface area contributed by atoms with Crippen molar-refractivity contribution >= 4 is 23.0 Å². The molecule has 1 aliphatic heterocycles. The molecule has 1 amide bonds. The van der Waals surface area contributed by atoms with Gasteiger partial charge >= 0.3 is 0 Å². The number of nitrogens with zero attached hydrogens (tertiary/aromatic N) is 3. The Morgan fingerprint density at radius 1 is 1.14 bits per heavy atom. The van der Waals surface area contributed by atoms with Crippen molar-refractivity contribution in [3.63, 3.8) is 0 Å². The molecule has 1 fully saturated rings. The number of likely N-dealkylation sites (tertiary alicyclic amines) is 1. The van der Waals surface area contributed by atoms with Crippen LogP contribution in [-0.2, 0) is 4.79 Å². The summed E-state index contributed by atoms with van der Waals surface area (Å²) in [7, 11) is 0. The first kappa shape index (κ1) is 18.6. The number of piperidine rings is 1. The standard InChI is InChI=1S/C21H21N3O3S/c25-18(15-5-2-1-3-6-15)8-9-19(26)24-11-4-7-16(13-24)20-22-23-21(27-20)17-10-12-28-14-17/h1-3,5-6,10,12,14,16H,4,7-9,11,13H2/t16-/m0/s1. The van der Waals surface area contributed by atoms with E-state index in [1.54, 1.807) is 23.5 Å². The molecule has 6 nitrogen and oxygen atoms in total. The fraction of sp³-hybridized carbons (Fsp3) is 0.333. The minimum Gasteiger partial charge on any atom is -0.420 e. The highest BCUT2D eigenvalue weighted by molar-refractivity contribution is 7.08. The van der Waals surface area contributed by atoms with Gasteiger partial charge in [-0.2, -0.15) is 11.3 Å². The van der Waals surface area contributed by atoms with E-state index in [4.69, 9.17) is 4.42 Å². The first-order valence-electron chi connectivity index (χ1n) is 9.42. The summed E-state index contributed by atoms with van der Waals surface area (Å²) < 4.78 is 5.84. The first-order chi connectivity index (χ1) is 13.7. The Labute approximate surface area is 167 Å². The van der Waals surface area contributed by atoms with Crippen molar-refractivity contribution in [3.8, 4) is 11.5 Å². The van der Waals surface area contributed by atoms with Crippen molar-refractivity contribution < 1.29 is 14.0 Å². The van der Waals surface area contributed by atoms with Gasteiger partial charge in [-0.25, -0.2) is 0 Å². The van der Waals surface area contributed by atoms with Gasteiger partial charge < -0.3 is 9.32 Å². The largest absolute Gasteiger partial charge is 0.420 e. The fourth-order valence-corrected chi connectivity index (χ4v) is 4.08. The number of hydrogen-bond acceptors (Lipinski definition) is 6. The Bertz CT molecular complexity index is 937. The van der Waals surface area contributed by atoms with Crippen LogP contribution in [0.2, 0.25) is 0 Å². The summed E-state index contributed by atoms with van der Waals surface area (Å²) in [6, 6.07) is 11.0. The quantitative estimate of drug-likeness (QED) is 0.586. The summed E-state index contributed by atoms with van der Waals surface area (Å²) in [4.78, 5) is 26.7. The summed E-state index contributed by atoms with van der Waals surface area (Å²) in [6.45, 7) is 1.27. The third-order valence-corrected chi connectivity index (χ3v) is 5.68. The molecule has 0 N–H and O–H groups in total. The molecule has 0 spiro atoms. The van der Waals surface area contributed by atoms with Gasteiger partial charge in [-0.05, 0) is 24.3 Å². The van der Waals surface area contributed by atoms with Crippen LogP contribution >= 0.6 is 11.3 Å². The number of thiophene rings is 1. The Balaban J connectivity index is 1.34. The monoisotopic (exact) mass is 395 g/mol. The van der Waals surface area contributed by atoms with Crippen LogP contribution in [0.3, 0.4) is 0 Å². The fourth-order valence-electron chi connectivity index (χ4n) is 3.45. The number of Topliss-reactive ketones (excluding diaryl/α,β-unsaturated/α-hetero) is 1. The van der Waals surface area contributed by atoms with Gasteiger partial charge in [-0.1, -0.05) is 30.3 Å². The van der Waals surface area contributed by atoms with Gasteiger partial charge in [0.05, 0.1) is 5.92 Å². The highest BCUT2D eigenvalue weighted by Gasteiger charge is 2.28. The van der Waals surface area contributed by atoms with Crippen LogP contribution in [0.25, 0.3) is 11.5 Å². The smallest absolute Gasteiger partial charge is 0.248 e. The van der Waals surface area contributed by atoms with E-state index >= 15 is 0 Å². The third kappa shape index (κ3) is 4.20. The third-order valence-electron chi connectivity index (χ3n) is 4.99. The second kappa shape index (κ2) is 8.48. The van der Waals surface area contributed by atoms with Gasteiger partial charge in [-0.3, -0.25) is 9.59 Å². The topological polar surface area (TPSA) is 76.3 Å². The number of hydrogen-bond donors (Lipinski definition) is 0. The average molecular weight is 395 g/mol. The molecule has 0 radical (unpaired) electrons. The number of ketones is 1. The minimum atomic E-state index is -0.000171. The minimum absolute atomic E-state index is 0.000171. The lowest BCUT2D eigenvalue weighted by Gasteiger charge is -2.31. The van der Waals surface area contributed by atoms with Crippen molar-refractivity contribution in [3.05, 3.63) is 58.6 Å². The van der Waals surface area contributed by atoms with Crippen molar-refractivity contribution in [1.82, 2.24) is 15.1 Å². The maximum atomic E-state index is 12.6. The normalized spacial score (nSPS) is 16.9. The maximum absolute atomic E-state index is 12.6. The van der Waals surface area contributed by atoms with Gasteiger partial charge in [0, 0.05) is 42.4 Å². The molecule has 1 atom stereocenters. The SMILES string of the molecule is O=C(CCC(=O)N1CCC[C@H](c2nnc(-c3ccsc3)o2)C1)c1ccccc1. The Kier molecular flexibility index (Phi) is 5.62. The maximum Gasteiger partial charge on any atom is 0.248 e. The molecule has 4 rings (SSSR count). The molecule has 3 aromatic rings. The summed E-state index contributed by atoms with van der Waals surface area (Å²) in [6.07, 6.45) is 2.26. The Hall–Kier alpha value is -2.80. The second-order valence-corrected chi connectivity index (χ2v) is 7.71. The van der Waals surface area contributed by atoms with Crippen LogP contribution in [0.5, 0.6) is 0 Å². The molecule has 0 bridgehead atoms. The molecule has 0 aliphatic carbocycles. The first-order valence-corrected chi connectivity index (χ1v) is 10.4. The van der Waals surface area contributed by atoms with E-state index in [0.717, 1.165) is 18.4 Å².